The van der Waals surface area contributed by atoms with E-state index < -0.39 is 18.2 Å². The van der Waals surface area contributed by atoms with Crippen molar-refractivity contribution in [2.45, 2.75) is 219 Å². The standard InChI is InChI=1S/C55H91NO5/c1-4-7-10-13-16-19-22-25-27-30-32-35-38-41-44-47-53(58)52(50-57)56-54(59)49-51(46-43-40-37-34-31-29-26-23-20-17-14-11-8-5-2)61-55(60)48-45-42-39-36-33-28-24-21-18-15-12-9-6-3/h8-9,11-12,15,17-18,20-21,24,26,28-29,33-34,37,43,46,51-53,57-58H,4-7,10,13-14,16,19,22-23,25,27,30-32,35-36,38-42,44-45,47-50H2,1-3H3,(H,56,59)/b11-8+,12-9+,18-15+,20-17+,24-21-,29-26+,33-28-,37-34+,46-43+. The molecule has 0 aromatic heterocycles. The van der Waals surface area contributed by atoms with Crippen molar-refractivity contribution in [1.29, 1.82) is 0 Å². The number of amides is 1. The molecule has 0 aromatic rings. The third-order valence-electron chi connectivity index (χ3n) is 10.4. The van der Waals surface area contributed by atoms with E-state index in [9.17, 15) is 19.8 Å². The molecule has 0 aliphatic rings. The zero-order valence-electron chi connectivity index (χ0n) is 39.2. The molecular weight excluding hydrogens is 755 g/mol. The molecule has 0 rings (SSSR count). The zero-order valence-corrected chi connectivity index (χ0v) is 39.2. The zero-order chi connectivity index (χ0) is 44.5. The van der Waals surface area contributed by atoms with Gasteiger partial charge >= 0.3 is 5.97 Å². The highest BCUT2D eigenvalue weighted by Gasteiger charge is 2.23. The second-order valence-electron chi connectivity index (χ2n) is 16.2. The van der Waals surface area contributed by atoms with Gasteiger partial charge in [-0.2, -0.15) is 0 Å². The van der Waals surface area contributed by atoms with Crippen LogP contribution in [-0.2, 0) is 14.3 Å². The average molecular weight is 846 g/mol. The van der Waals surface area contributed by atoms with E-state index in [2.05, 4.69) is 86.8 Å². The van der Waals surface area contributed by atoms with Crippen molar-refractivity contribution in [1.82, 2.24) is 5.32 Å². The quantitative estimate of drug-likeness (QED) is 0.0246. The van der Waals surface area contributed by atoms with Gasteiger partial charge in [-0.1, -0.05) is 227 Å². The molecule has 0 fully saturated rings. The van der Waals surface area contributed by atoms with Gasteiger partial charge in [0.25, 0.3) is 0 Å². The Balaban J connectivity index is 4.79. The lowest BCUT2D eigenvalue weighted by Gasteiger charge is -2.23. The SMILES string of the molecule is CC/C=C/C=C/C=C\C=C/CCCCCC(=O)OC(/C=C/C/C=C/C/C=C/C/C=C/C/C=C/CC)CC(=O)NC(CO)C(O)CCCCCCCCCCCCCCCCC. The molecule has 0 aliphatic carbocycles. The number of aliphatic hydroxyl groups excluding tert-OH is 2. The fourth-order valence-electron chi connectivity index (χ4n) is 6.75. The van der Waals surface area contributed by atoms with Crippen molar-refractivity contribution in [3.63, 3.8) is 0 Å². The van der Waals surface area contributed by atoms with E-state index in [1.54, 1.807) is 6.08 Å². The van der Waals surface area contributed by atoms with E-state index in [1.165, 1.54) is 77.0 Å². The Labute approximate surface area is 375 Å². The first kappa shape index (κ1) is 57.5. The summed E-state index contributed by atoms with van der Waals surface area (Å²) in [5.41, 5.74) is 0. The van der Waals surface area contributed by atoms with Gasteiger partial charge in [0.2, 0.25) is 5.91 Å². The summed E-state index contributed by atoms with van der Waals surface area (Å²) in [6.45, 7) is 6.17. The van der Waals surface area contributed by atoms with Gasteiger partial charge in [-0.05, 0) is 70.3 Å². The number of carbonyl (C=O) groups is 2. The van der Waals surface area contributed by atoms with Crippen LogP contribution in [0.5, 0.6) is 0 Å². The van der Waals surface area contributed by atoms with E-state index >= 15 is 0 Å². The van der Waals surface area contributed by atoms with Gasteiger partial charge in [0.1, 0.15) is 6.10 Å². The topological polar surface area (TPSA) is 95.9 Å². The molecule has 3 N–H and O–H groups in total. The van der Waals surface area contributed by atoms with Crippen LogP contribution in [0, 0.1) is 0 Å². The van der Waals surface area contributed by atoms with Crippen molar-refractivity contribution < 1.29 is 24.5 Å². The number of ether oxygens (including phenoxy) is 1. The maximum Gasteiger partial charge on any atom is 0.306 e. The van der Waals surface area contributed by atoms with E-state index in [0.29, 0.717) is 19.3 Å². The third kappa shape index (κ3) is 43.0. The van der Waals surface area contributed by atoms with Crippen molar-refractivity contribution in [3.8, 4) is 0 Å². The van der Waals surface area contributed by atoms with E-state index in [-0.39, 0.29) is 24.9 Å². The molecule has 0 aliphatic heterocycles. The average Bonchev–Trinajstić information content (AvgIpc) is 3.25. The summed E-state index contributed by atoms with van der Waals surface area (Å²) in [5, 5.41) is 23.7. The summed E-state index contributed by atoms with van der Waals surface area (Å²) in [7, 11) is 0. The highest BCUT2D eigenvalue weighted by Crippen LogP contribution is 2.15. The molecule has 3 unspecified atom stereocenters. The van der Waals surface area contributed by atoms with Crippen molar-refractivity contribution in [2.75, 3.05) is 6.61 Å². The van der Waals surface area contributed by atoms with Gasteiger partial charge in [-0.3, -0.25) is 9.59 Å². The lowest BCUT2D eigenvalue weighted by molar-refractivity contribution is -0.148. The Hall–Kier alpha value is -3.48. The van der Waals surface area contributed by atoms with Gasteiger partial charge in [-0.15, -0.1) is 0 Å². The largest absolute Gasteiger partial charge is 0.458 e. The number of aliphatic hydroxyl groups is 2. The summed E-state index contributed by atoms with van der Waals surface area (Å²) in [4.78, 5) is 26.0. The lowest BCUT2D eigenvalue weighted by Crippen LogP contribution is -2.46. The third-order valence-corrected chi connectivity index (χ3v) is 10.4. The number of allylic oxidation sites excluding steroid dienone is 17. The Morgan fingerprint density at radius 1 is 0.525 bits per heavy atom. The summed E-state index contributed by atoms with van der Waals surface area (Å²) in [6.07, 6.45) is 64.6. The highest BCUT2D eigenvalue weighted by atomic mass is 16.5. The fraction of sp³-hybridized carbons (Fsp3) is 0.636. The summed E-state index contributed by atoms with van der Waals surface area (Å²) < 4.78 is 5.79. The minimum Gasteiger partial charge on any atom is -0.458 e. The number of esters is 1. The van der Waals surface area contributed by atoms with E-state index in [4.69, 9.17) is 4.74 Å². The first-order chi connectivity index (χ1) is 30.0. The summed E-state index contributed by atoms with van der Waals surface area (Å²) in [5.74, 6) is -0.685. The van der Waals surface area contributed by atoms with Crippen LogP contribution in [0.1, 0.15) is 201 Å². The molecular formula is C55H91NO5. The Morgan fingerprint density at radius 3 is 1.51 bits per heavy atom. The molecule has 3 atom stereocenters. The van der Waals surface area contributed by atoms with Gasteiger partial charge in [0.05, 0.1) is 25.2 Å². The number of hydrogen-bond acceptors (Lipinski definition) is 5. The molecule has 0 saturated carbocycles. The van der Waals surface area contributed by atoms with E-state index in [1.807, 2.05) is 42.5 Å². The number of rotatable bonds is 42. The van der Waals surface area contributed by atoms with Crippen LogP contribution >= 0.6 is 0 Å². The number of unbranched alkanes of at least 4 members (excludes halogenated alkanes) is 17. The van der Waals surface area contributed by atoms with Crippen LogP contribution in [0.3, 0.4) is 0 Å². The molecule has 0 saturated heterocycles. The predicted molar refractivity (Wildman–Crippen MR) is 263 cm³/mol. The molecule has 6 heteroatoms. The molecule has 0 bridgehead atoms. The fourth-order valence-corrected chi connectivity index (χ4v) is 6.75. The monoisotopic (exact) mass is 846 g/mol. The molecule has 61 heavy (non-hydrogen) atoms. The van der Waals surface area contributed by atoms with Crippen LogP contribution in [0.4, 0.5) is 0 Å². The molecule has 1 amide bonds. The van der Waals surface area contributed by atoms with Crippen LogP contribution in [0.2, 0.25) is 0 Å². The smallest absolute Gasteiger partial charge is 0.306 e. The van der Waals surface area contributed by atoms with Crippen LogP contribution in [0.15, 0.2) is 109 Å². The minimum atomic E-state index is -0.832. The normalized spacial score (nSPS) is 14.2. The summed E-state index contributed by atoms with van der Waals surface area (Å²) >= 11 is 0. The van der Waals surface area contributed by atoms with Crippen LogP contribution in [-0.4, -0.2) is 46.9 Å². The molecule has 346 valence electrons. The van der Waals surface area contributed by atoms with Crippen LogP contribution in [0.25, 0.3) is 0 Å². The first-order valence-corrected chi connectivity index (χ1v) is 24.7. The number of nitrogens with one attached hydrogen (secondary N) is 1. The Kier molecular flexibility index (Phi) is 44.9. The van der Waals surface area contributed by atoms with E-state index in [0.717, 1.165) is 77.0 Å². The predicted octanol–water partition coefficient (Wildman–Crippen LogP) is 14.7. The number of hydrogen-bond donors (Lipinski definition) is 3. The maximum absolute atomic E-state index is 13.1. The summed E-state index contributed by atoms with van der Waals surface area (Å²) in [6, 6.07) is -0.757. The second kappa shape index (κ2) is 47.6. The minimum absolute atomic E-state index is 0.0684. The van der Waals surface area contributed by atoms with Crippen molar-refractivity contribution in [3.05, 3.63) is 109 Å². The lowest BCUT2D eigenvalue weighted by atomic mass is 10.0. The van der Waals surface area contributed by atoms with Gasteiger partial charge < -0.3 is 20.3 Å². The molecule has 0 radical (unpaired) electrons. The van der Waals surface area contributed by atoms with Crippen molar-refractivity contribution >= 4 is 11.9 Å². The Bertz CT molecular complexity index is 1270. The van der Waals surface area contributed by atoms with Gasteiger partial charge in [0, 0.05) is 6.42 Å². The molecule has 0 heterocycles. The molecule has 0 spiro atoms. The van der Waals surface area contributed by atoms with Crippen molar-refractivity contribution in [2.24, 2.45) is 0 Å². The number of carbonyl (C=O) groups excluding carboxylic acids is 2. The van der Waals surface area contributed by atoms with Gasteiger partial charge in [0.15, 0.2) is 0 Å². The molecule has 0 aromatic carbocycles. The first-order valence-electron chi connectivity index (χ1n) is 24.7. The second-order valence-corrected chi connectivity index (χ2v) is 16.2. The van der Waals surface area contributed by atoms with Gasteiger partial charge in [-0.25, -0.2) is 0 Å². The maximum atomic E-state index is 13.1. The van der Waals surface area contributed by atoms with Crippen LogP contribution < -0.4 is 5.32 Å². The highest BCUT2D eigenvalue weighted by molar-refractivity contribution is 5.78. The molecule has 6 nitrogen and oxygen atoms in total. The Morgan fingerprint density at radius 2 is 0.984 bits per heavy atom.